The molecule has 1 amide bonds. The lowest BCUT2D eigenvalue weighted by molar-refractivity contribution is -0.151. The first kappa shape index (κ1) is 18.2. The number of hydrogen-bond donors (Lipinski definition) is 3. The molecule has 4 heteroatoms. The van der Waals surface area contributed by atoms with Gasteiger partial charge in [0.05, 0.1) is 12.1 Å². The van der Waals surface area contributed by atoms with Crippen molar-refractivity contribution in [2.45, 2.75) is 56.3 Å². The first-order valence-corrected chi connectivity index (χ1v) is 9.95. The normalized spacial score (nSPS) is 24.8. The van der Waals surface area contributed by atoms with Gasteiger partial charge in [-0.05, 0) is 29.5 Å². The van der Waals surface area contributed by atoms with Crippen LogP contribution in [-0.2, 0) is 16.8 Å². The Bertz CT molecular complexity index is 800. The van der Waals surface area contributed by atoms with Crippen molar-refractivity contribution >= 4 is 5.91 Å². The molecule has 0 heterocycles. The quantitative estimate of drug-likeness (QED) is 0.779. The Morgan fingerprint density at radius 2 is 1.63 bits per heavy atom. The van der Waals surface area contributed by atoms with Crippen LogP contribution in [0.15, 0.2) is 54.6 Å². The van der Waals surface area contributed by atoms with Crippen LogP contribution in [0, 0.1) is 5.92 Å². The third kappa shape index (κ3) is 3.28. The van der Waals surface area contributed by atoms with Crippen molar-refractivity contribution in [3.63, 3.8) is 0 Å². The van der Waals surface area contributed by atoms with Crippen molar-refractivity contribution in [3.8, 4) is 0 Å². The fourth-order valence-corrected chi connectivity index (χ4v) is 4.76. The summed E-state index contributed by atoms with van der Waals surface area (Å²) in [5.41, 5.74) is 1.06. The SMILES string of the molecule is O=C(N[C@H]1c2ccccc2C[C@H]1O)[C@@](O)(c1ccccc1)C1CCCCC1. The van der Waals surface area contributed by atoms with Gasteiger partial charge in [0.2, 0.25) is 0 Å². The molecule has 4 nitrogen and oxygen atoms in total. The zero-order valence-electron chi connectivity index (χ0n) is 15.5. The molecule has 0 radical (unpaired) electrons. The predicted molar refractivity (Wildman–Crippen MR) is 104 cm³/mol. The third-order valence-corrected chi connectivity index (χ3v) is 6.25. The Morgan fingerprint density at radius 3 is 2.37 bits per heavy atom. The van der Waals surface area contributed by atoms with E-state index >= 15 is 0 Å². The maximum Gasteiger partial charge on any atom is 0.257 e. The van der Waals surface area contributed by atoms with Crippen molar-refractivity contribution in [1.29, 1.82) is 0 Å². The van der Waals surface area contributed by atoms with Crippen LogP contribution in [0.1, 0.15) is 54.8 Å². The van der Waals surface area contributed by atoms with E-state index in [9.17, 15) is 15.0 Å². The monoisotopic (exact) mass is 365 g/mol. The number of carbonyl (C=O) groups excluding carboxylic acids is 1. The average molecular weight is 365 g/mol. The number of carbonyl (C=O) groups is 1. The second kappa shape index (κ2) is 7.45. The summed E-state index contributed by atoms with van der Waals surface area (Å²) in [7, 11) is 0. The topological polar surface area (TPSA) is 69.6 Å². The Morgan fingerprint density at radius 1 is 0.963 bits per heavy atom. The van der Waals surface area contributed by atoms with Gasteiger partial charge < -0.3 is 15.5 Å². The highest BCUT2D eigenvalue weighted by molar-refractivity contribution is 5.87. The zero-order valence-corrected chi connectivity index (χ0v) is 15.5. The molecule has 3 N–H and O–H groups in total. The number of aliphatic hydroxyl groups excluding tert-OH is 1. The molecule has 1 fully saturated rings. The molecule has 0 aliphatic heterocycles. The van der Waals surface area contributed by atoms with E-state index in [1.165, 1.54) is 0 Å². The molecule has 4 rings (SSSR count). The molecule has 27 heavy (non-hydrogen) atoms. The molecule has 142 valence electrons. The Labute approximate surface area is 160 Å². The Hall–Kier alpha value is -2.17. The molecule has 0 saturated heterocycles. The fraction of sp³-hybridized carbons (Fsp3) is 0.435. The standard InChI is InChI=1S/C23H27NO3/c25-20-15-16-9-7-8-14-19(16)21(20)24-22(26)23(27,17-10-3-1-4-11-17)18-12-5-2-6-13-18/h1,3-4,7-11,14,18,20-21,25,27H,2,5-6,12-13,15H2,(H,24,26)/t20-,21+,23-/m1/s1. The maximum absolute atomic E-state index is 13.4. The minimum Gasteiger partial charge on any atom is -0.390 e. The molecule has 3 atom stereocenters. The van der Waals surface area contributed by atoms with Crippen LogP contribution < -0.4 is 5.32 Å². The highest BCUT2D eigenvalue weighted by Gasteiger charge is 2.47. The van der Waals surface area contributed by atoms with Crippen LogP contribution in [0.25, 0.3) is 0 Å². The Kier molecular flexibility index (Phi) is 5.02. The van der Waals surface area contributed by atoms with Gasteiger partial charge >= 0.3 is 0 Å². The van der Waals surface area contributed by atoms with Crippen LogP contribution in [0.2, 0.25) is 0 Å². The average Bonchev–Trinajstić information content (AvgIpc) is 3.04. The second-order valence-corrected chi connectivity index (χ2v) is 7.89. The number of benzene rings is 2. The molecule has 2 aliphatic rings. The van der Waals surface area contributed by atoms with E-state index in [1.54, 1.807) is 0 Å². The second-order valence-electron chi connectivity index (χ2n) is 7.89. The van der Waals surface area contributed by atoms with Crippen LogP contribution >= 0.6 is 0 Å². The molecule has 2 aliphatic carbocycles. The summed E-state index contributed by atoms with van der Waals surface area (Å²) in [6.45, 7) is 0. The summed E-state index contributed by atoms with van der Waals surface area (Å²) >= 11 is 0. The molecule has 0 spiro atoms. The minimum absolute atomic E-state index is 0.109. The summed E-state index contributed by atoms with van der Waals surface area (Å²) in [6.07, 6.45) is 4.74. The van der Waals surface area contributed by atoms with E-state index in [0.29, 0.717) is 12.0 Å². The smallest absolute Gasteiger partial charge is 0.257 e. The van der Waals surface area contributed by atoms with Crippen LogP contribution in [-0.4, -0.2) is 22.2 Å². The molecule has 1 saturated carbocycles. The largest absolute Gasteiger partial charge is 0.390 e. The van der Waals surface area contributed by atoms with Crippen LogP contribution in [0.4, 0.5) is 0 Å². The predicted octanol–water partition coefficient (Wildman–Crippen LogP) is 3.23. The van der Waals surface area contributed by atoms with E-state index in [-0.39, 0.29) is 5.92 Å². The van der Waals surface area contributed by atoms with Gasteiger partial charge in [-0.1, -0.05) is 73.9 Å². The van der Waals surface area contributed by atoms with Gasteiger partial charge in [0.15, 0.2) is 5.60 Å². The van der Waals surface area contributed by atoms with E-state index in [0.717, 1.165) is 43.2 Å². The summed E-state index contributed by atoms with van der Waals surface area (Å²) in [6, 6.07) is 16.6. The molecular weight excluding hydrogens is 338 g/mol. The number of amides is 1. The fourth-order valence-electron chi connectivity index (χ4n) is 4.76. The highest BCUT2D eigenvalue weighted by Crippen LogP contribution is 2.41. The molecule has 2 aromatic rings. The Balaban J connectivity index is 1.65. The lowest BCUT2D eigenvalue weighted by Gasteiger charge is -2.38. The van der Waals surface area contributed by atoms with Gasteiger partial charge in [-0.15, -0.1) is 0 Å². The summed E-state index contributed by atoms with van der Waals surface area (Å²) in [4.78, 5) is 13.4. The first-order chi connectivity index (χ1) is 13.1. The molecule has 0 aromatic heterocycles. The van der Waals surface area contributed by atoms with Gasteiger partial charge in [-0.3, -0.25) is 4.79 Å². The van der Waals surface area contributed by atoms with Crippen molar-refractivity contribution in [2.75, 3.05) is 0 Å². The van der Waals surface area contributed by atoms with Crippen LogP contribution in [0.3, 0.4) is 0 Å². The number of nitrogens with one attached hydrogen (secondary N) is 1. The minimum atomic E-state index is -1.57. The van der Waals surface area contributed by atoms with Crippen LogP contribution in [0.5, 0.6) is 0 Å². The van der Waals surface area contributed by atoms with Gasteiger partial charge in [0.1, 0.15) is 0 Å². The third-order valence-electron chi connectivity index (χ3n) is 6.25. The van der Waals surface area contributed by atoms with Crippen molar-refractivity contribution in [1.82, 2.24) is 5.32 Å². The van der Waals surface area contributed by atoms with Gasteiger partial charge in [0, 0.05) is 12.3 Å². The first-order valence-electron chi connectivity index (χ1n) is 9.95. The number of rotatable bonds is 4. The van der Waals surface area contributed by atoms with Gasteiger partial charge in [0.25, 0.3) is 5.91 Å². The number of hydrogen-bond acceptors (Lipinski definition) is 3. The lowest BCUT2D eigenvalue weighted by atomic mass is 9.72. The zero-order chi connectivity index (χ0) is 18.9. The highest BCUT2D eigenvalue weighted by atomic mass is 16.3. The van der Waals surface area contributed by atoms with Crippen molar-refractivity contribution in [2.24, 2.45) is 5.92 Å². The summed E-state index contributed by atoms with van der Waals surface area (Å²) in [5.74, 6) is -0.510. The van der Waals surface area contributed by atoms with Gasteiger partial charge in [-0.25, -0.2) is 0 Å². The molecule has 0 bridgehead atoms. The van der Waals surface area contributed by atoms with E-state index < -0.39 is 23.7 Å². The molecule has 0 unspecified atom stereocenters. The van der Waals surface area contributed by atoms with E-state index in [4.69, 9.17) is 0 Å². The van der Waals surface area contributed by atoms with Gasteiger partial charge in [-0.2, -0.15) is 0 Å². The number of fused-ring (bicyclic) bond motifs is 1. The summed E-state index contributed by atoms with van der Waals surface area (Å²) in [5, 5.41) is 25.2. The van der Waals surface area contributed by atoms with Crippen molar-refractivity contribution < 1.29 is 15.0 Å². The molecule has 2 aromatic carbocycles. The number of aliphatic hydroxyl groups is 2. The lowest BCUT2D eigenvalue weighted by Crippen LogP contribution is -2.52. The summed E-state index contributed by atoms with van der Waals surface area (Å²) < 4.78 is 0. The van der Waals surface area contributed by atoms with E-state index in [1.807, 2.05) is 54.6 Å². The van der Waals surface area contributed by atoms with Crippen molar-refractivity contribution in [3.05, 3.63) is 71.3 Å². The maximum atomic E-state index is 13.4. The van der Waals surface area contributed by atoms with E-state index in [2.05, 4.69) is 5.32 Å². The molecular formula is C23H27NO3.